The Bertz CT molecular complexity index is 791. The molecular formula is C20H33IN4O2S2. The van der Waals surface area contributed by atoms with E-state index in [-0.39, 0.29) is 28.7 Å². The number of hydrogen-bond donors (Lipinski definition) is 1. The molecule has 1 aromatic rings. The van der Waals surface area contributed by atoms with Gasteiger partial charge in [-0.2, -0.15) is 16.1 Å². The summed E-state index contributed by atoms with van der Waals surface area (Å²) in [6.45, 7) is 8.36. The molecule has 2 aliphatic heterocycles. The van der Waals surface area contributed by atoms with Gasteiger partial charge in [0.15, 0.2) is 5.96 Å². The topological polar surface area (TPSA) is 65.0 Å². The van der Waals surface area contributed by atoms with Crippen molar-refractivity contribution in [2.45, 2.75) is 49.3 Å². The van der Waals surface area contributed by atoms with Crippen molar-refractivity contribution in [1.82, 2.24) is 14.5 Å². The van der Waals surface area contributed by atoms with Crippen molar-refractivity contribution in [3.8, 4) is 0 Å². The molecule has 0 aromatic heterocycles. The molecule has 29 heavy (non-hydrogen) atoms. The minimum Gasteiger partial charge on any atom is -0.352 e. The number of guanidine groups is 1. The lowest BCUT2D eigenvalue weighted by atomic mass is 10.2. The predicted octanol–water partition coefficient (Wildman–Crippen LogP) is 3.38. The SMILES string of the molecule is CN=C(NCc1ccc(S(=O)(=O)N2CCCCC2)cc1)N1CCSC(C)(C)C1.I. The van der Waals surface area contributed by atoms with Gasteiger partial charge in [-0.3, -0.25) is 4.99 Å². The second-order valence-electron chi connectivity index (χ2n) is 8.04. The van der Waals surface area contributed by atoms with Crippen molar-refractivity contribution < 1.29 is 8.42 Å². The van der Waals surface area contributed by atoms with Gasteiger partial charge >= 0.3 is 0 Å². The number of rotatable bonds is 4. The van der Waals surface area contributed by atoms with Crippen LogP contribution < -0.4 is 5.32 Å². The van der Waals surface area contributed by atoms with Gasteiger partial charge in [-0.15, -0.1) is 24.0 Å². The molecule has 0 atom stereocenters. The highest BCUT2D eigenvalue weighted by atomic mass is 127. The molecule has 9 heteroatoms. The van der Waals surface area contributed by atoms with Crippen molar-refractivity contribution in [1.29, 1.82) is 0 Å². The van der Waals surface area contributed by atoms with E-state index in [1.165, 1.54) is 0 Å². The van der Waals surface area contributed by atoms with Gasteiger partial charge in [0.2, 0.25) is 10.0 Å². The molecule has 3 rings (SSSR count). The van der Waals surface area contributed by atoms with Gasteiger partial charge in [0.25, 0.3) is 0 Å². The lowest BCUT2D eigenvalue weighted by Crippen LogP contribution is -2.50. The van der Waals surface area contributed by atoms with Gasteiger partial charge in [-0.1, -0.05) is 18.6 Å². The fourth-order valence-corrected chi connectivity index (χ4v) is 6.37. The molecule has 0 saturated carbocycles. The first-order chi connectivity index (χ1) is 13.3. The molecular weight excluding hydrogens is 519 g/mol. The highest BCUT2D eigenvalue weighted by Gasteiger charge is 2.29. The van der Waals surface area contributed by atoms with Gasteiger partial charge in [0.05, 0.1) is 4.90 Å². The van der Waals surface area contributed by atoms with Crippen LogP contribution in [0.5, 0.6) is 0 Å². The number of benzene rings is 1. The predicted molar refractivity (Wildman–Crippen MR) is 133 cm³/mol. The summed E-state index contributed by atoms with van der Waals surface area (Å²) >= 11 is 2.00. The fourth-order valence-electron chi connectivity index (χ4n) is 3.74. The molecule has 2 heterocycles. The zero-order valence-electron chi connectivity index (χ0n) is 17.6. The van der Waals surface area contributed by atoms with Crippen LogP contribution in [0.2, 0.25) is 0 Å². The Morgan fingerprint density at radius 1 is 1.14 bits per heavy atom. The summed E-state index contributed by atoms with van der Waals surface area (Å²) in [6.07, 6.45) is 3.02. The standard InChI is InChI=1S/C20H32N4O2S2.HI/c1-20(2)16-23(13-14-27-20)19(21-3)22-15-17-7-9-18(10-8-17)28(25,26)24-11-5-4-6-12-24;/h7-10H,4-6,11-16H2,1-3H3,(H,21,22);1H. The van der Waals surface area contributed by atoms with E-state index in [2.05, 4.69) is 29.1 Å². The molecule has 2 saturated heterocycles. The van der Waals surface area contributed by atoms with E-state index in [0.29, 0.717) is 24.5 Å². The monoisotopic (exact) mass is 552 g/mol. The molecule has 0 aliphatic carbocycles. The molecule has 1 N–H and O–H groups in total. The lowest BCUT2D eigenvalue weighted by molar-refractivity contribution is 0.346. The Kier molecular flexibility index (Phi) is 9.11. The number of sulfonamides is 1. The van der Waals surface area contributed by atoms with Crippen LogP contribution >= 0.6 is 35.7 Å². The largest absolute Gasteiger partial charge is 0.352 e. The van der Waals surface area contributed by atoms with E-state index in [9.17, 15) is 8.42 Å². The zero-order valence-corrected chi connectivity index (χ0v) is 21.5. The van der Waals surface area contributed by atoms with Crippen LogP contribution in [0.3, 0.4) is 0 Å². The molecule has 2 fully saturated rings. The van der Waals surface area contributed by atoms with Crippen LogP contribution in [-0.4, -0.2) is 67.3 Å². The third-order valence-corrected chi connectivity index (χ3v) is 8.47. The van der Waals surface area contributed by atoms with Crippen LogP contribution in [0.1, 0.15) is 38.7 Å². The molecule has 0 unspecified atom stereocenters. The lowest BCUT2D eigenvalue weighted by Gasteiger charge is -2.39. The first-order valence-electron chi connectivity index (χ1n) is 10.0. The van der Waals surface area contributed by atoms with Crippen LogP contribution in [0.25, 0.3) is 0 Å². The van der Waals surface area contributed by atoms with Crippen molar-refractivity contribution >= 4 is 51.7 Å². The minimum absolute atomic E-state index is 0. The molecule has 2 aliphatic rings. The normalized spacial score (nSPS) is 20.8. The van der Waals surface area contributed by atoms with E-state index >= 15 is 0 Å². The van der Waals surface area contributed by atoms with Crippen LogP contribution in [0.4, 0.5) is 0 Å². The van der Waals surface area contributed by atoms with Crippen LogP contribution in [-0.2, 0) is 16.6 Å². The van der Waals surface area contributed by atoms with E-state index in [0.717, 1.165) is 49.6 Å². The maximum absolute atomic E-state index is 12.8. The van der Waals surface area contributed by atoms with Crippen molar-refractivity contribution in [2.75, 3.05) is 39.0 Å². The van der Waals surface area contributed by atoms with Crippen molar-refractivity contribution in [3.63, 3.8) is 0 Å². The average molecular weight is 553 g/mol. The molecule has 0 radical (unpaired) electrons. The summed E-state index contributed by atoms with van der Waals surface area (Å²) < 4.78 is 27.4. The maximum atomic E-state index is 12.8. The summed E-state index contributed by atoms with van der Waals surface area (Å²) in [7, 11) is -1.56. The first kappa shape index (κ1) is 24.7. The second kappa shape index (κ2) is 10.7. The quantitative estimate of drug-likeness (QED) is 0.353. The highest BCUT2D eigenvalue weighted by molar-refractivity contribution is 14.0. The number of thioether (sulfide) groups is 1. The van der Waals surface area contributed by atoms with E-state index < -0.39 is 10.0 Å². The summed E-state index contributed by atoms with van der Waals surface area (Å²) in [6, 6.07) is 7.24. The highest BCUT2D eigenvalue weighted by Crippen LogP contribution is 2.29. The maximum Gasteiger partial charge on any atom is 0.243 e. The fraction of sp³-hybridized carbons (Fsp3) is 0.650. The number of halogens is 1. The molecule has 0 spiro atoms. The Morgan fingerprint density at radius 3 is 2.38 bits per heavy atom. The molecule has 0 amide bonds. The average Bonchev–Trinajstić information content (AvgIpc) is 2.69. The Hall–Kier alpha value is -0.520. The first-order valence-corrected chi connectivity index (χ1v) is 12.4. The molecule has 6 nitrogen and oxygen atoms in total. The summed E-state index contributed by atoms with van der Waals surface area (Å²) in [5, 5.41) is 3.42. The Balaban J connectivity index is 0.00000300. The number of nitrogens with one attached hydrogen (secondary N) is 1. The molecule has 164 valence electrons. The molecule has 0 bridgehead atoms. The Morgan fingerprint density at radius 2 is 1.79 bits per heavy atom. The van der Waals surface area contributed by atoms with Gasteiger partial charge < -0.3 is 10.2 Å². The smallest absolute Gasteiger partial charge is 0.243 e. The number of hydrogen-bond acceptors (Lipinski definition) is 4. The van der Waals surface area contributed by atoms with E-state index in [1.807, 2.05) is 30.9 Å². The van der Waals surface area contributed by atoms with Crippen LogP contribution in [0.15, 0.2) is 34.2 Å². The Labute approximate surface area is 197 Å². The second-order valence-corrected chi connectivity index (χ2v) is 11.8. The van der Waals surface area contributed by atoms with Gasteiger partial charge in [0, 0.05) is 50.3 Å². The number of piperidine rings is 1. The zero-order chi connectivity index (χ0) is 20.2. The third-order valence-electron chi connectivity index (χ3n) is 5.26. The van der Waals surface area contributed by atoms with E-state index in [1.54, 1.807) is 16.4 Å². The van der Waals surface area contributed by atoms with E-state index in [4.69, 9.17) is 0 Å². The van der Waals surface area contributed by atoms with Crippen molar-refractivity contribution in [2.24, 2.45) is 4.99 Å². The number of nitrogens with zero attached hydrogens (tertiary/aromatic N) is 3. The van der Waals surface area contributed by atoms with Gasteiger partial charge in [-0.05, 0) is 44.4 Å². The summed E-state index contributed by atoms with van der Waals surface area (Å²) in [5.41, 5.74) is 1.05. The summed E-state index contributed by atoms with van der Waals surface area (Å²) in [4.78, 5) is 7.11. The molecule has 1 aromatic carbocycles. The van der Waals surface area contributed by atoms with Gasteiger partial charge in [-0.25, -0.2) is 8.42 Å². The minimum atomic E-state index is -3.37. The number of aliphatic imine (C=N–C) groups is 1. The van der Waals surface area contributed by atoms with Gasteiger partial charge in [0.1, 0.15) is 0 Å². The third kappa shape index (κ3) is 6.48. The summed E-state index contributed by atoms with van der Waals surface area (Å²) in [5.74, 6) is 2.00. The van der Waals surface area contributed by atoms with Crippen molar-refractivity contribution in [3.05, 3.63) is 29.8 Å². The van der Waals surface area contributed by atoms with Crippen LogP contribution in [0, 0.1) is 0 Å².